The lowest BCUT2D eigenvalue weighted by atomic mass is 10.2. The van der Waals surface area contributed by atoms with E-state index in [-0.39, 0.29) is 11.6 Å². The van der Waals surface area contributed by atoms with Gasteiger partial charge in [0, 0.05) is 19.7 Å². The first-order valence-electron chi connectivity index (χ1n) is 4.19. The molecule has 0 N–H and O–H groups in total. The Bertz CT molecular complexity index is 337. The van der Waals surface area contributed by atoms with Gasteiger partial charge in [0.05, 0.1) is 13.3 Å². The SMILES string of the molecule is COc1cccc(C=NN(C)C)c1F. The number of hydrazone groups is 1. The molecule has 14 heavy (non-hydrogen) atoms. The standard InChI is InChI=1S/C10H13FN2O/c1-13(2)12-7-8-5-4-6-9(14-3)10(8)11/h4-7H,1-3H3. The van der Waals surface area contributed by atoms with E-state index < -0.39 is 0 Å². The molecule has 0 fully saturated rings. The van der Waals surface area contributed by atoms with Gasteiger partial charge in [-0.25, -0.2) is 4.39 Å². The van der Waals surface area contributed by atoms with Crippen molar-refractivity contribution in [2.45, 2.75) is 0 Å². The zero-order chi connectivity index (χ0) is 10.6. The number of benzene rings is 1. The predicted octanol–water partition coefficient (Wildman–Crippen LogP) is 1.73. The molecule has 3 nitrogen and oxygen atoms in total. The number of hydrogen-bond acceptors (Lipinski definition) is 3. The van der Waals surface area contributed by atoms with E-state index in [2.05, 4.69) is 5.10 Å². The maximum Gasteiger partial charge on any atom is 0.173 e. The van der Waals surface area contributed by atoms with Gasteiger partial charge in [-0.2, -0.15) is 5.10 Å². The van der Waals surface area contributed by atoms with Gasteiger partial charge in [-0.15, -0.1) is 0 Å². The van der Waals surface area contributed by atoms with Crippen LogP contribution in [0.15, 0.2) is 23.3 Å². The van der Waals surface area contributed by atoms with E-state index in [0.717, 1.165) is 0 Å². The maximum absolute atomic E-state index is 13.5. The smallest absolute Gasteiger partial charge is 0.173 e. The Morgan fingerprint density at radius 1 is 1.43 bits per heavy atom. The second kappa shape index (κ2) is 4.60. The molecule has 0 aliphatic heterocycles. The third kappa shape index (κ3) is 2.45. The van der Waals surface area contributed by atoms with Crippen molar-refractivity contribution in [3.05, 3.63) is 29.6 Å². The summed E-state index contributed by atoms with van der Waals surface area (Å²) in [5.74, 6) is -0.159. The monoisotopic (exact) mass is 196 g/mol. The lowest BCUT2D eigenvalue weighted by molar-refractivity contribution is 0.386. The molecule has 0 bridgehead atoms. The topological polar surface area (TPSA) is 24.8 Å². The Labute approximate surface area is 82.8 Å². The third-order valence-electron chi connectivity index (χ3n) is 1.64. The average Bonchev–Trinajstić information content (AvgIpc) is 2.16. The van der Waals surface area contributed by atoms with Gasteiger partial charge in [0.1, 0.15) is 0 Å². The molecule has 0 unspecified atom stereocenters. The van der Waals surface area contributed by atoms with Crippen molar-refractivity contribution in [3.63, 3.8) is 0 Å². The summed E-state index contributed by atoms with van der Waals surface area (Å²) in [7, 11) is 4.98. The summed E-state index contributed by atoms with van der Waals surface area (Å²) in [4.78, 5) is 0. The lowest BCUT2D eigenvalue weighted by Gasteiger charge is -2.05. The van der Waals surface area contributed by atoms with Crippen molar-refractivity contribution in [1.29, 1.82) is 0 Å². The predicted molar refractivity (Wildman–Crippen MR) is 54.2 cm³/mol. The van der Waals surface area contributed by atoms with Gasteiger partial charge < -0.3 is 9.75 Å². The van der Waals surface area contributed by atoms with E-state index >= 15 is 0 Å². The molecule has 4 heteroatoms. The van der Waals surface area contributed by atoms with Crippen LogP contribution in [0.4, 0.5) is 4.39 Å². The van der Waals surface area contributed by atoms with Gasteiger partial charge in [-0.1, -0.05) is 12.1 Å². The molecule has 0 amide bonds. The van der Waals surface area contributed by atoms with Gasteiger partial charge in [-0.05, 0) is 6.07 Å². The minimum Gasteiger partial charge on any atom is -0.494 e. The van der Waals surface area contributed by atoms with Crippen molar-refractivity contribution < 1.29 is 9.13 Å². The summed E-state index contributed by atoms with van der Waals surface area (Å²) < 4.78 is 18.3. The first-order chi connectivity index (χ1) is 6.65. The van der Waals surface area contributed by atoms with Gasteiger partial charge in [-0.3, -0.25) is 0 Å². The minimum absolute atomic E-state index is 0.229. The third-order valence-corrected chi connectivity index (χ3v) is 1.64. The van der Waals surface area contributed by atoms with Crippen LogP contribution in [-0.2, 0) is 0 Å². The van der Waals surface area contributed by atoms with Crippen LogP contribution >= 0.6 is 0 Å². The first kappa shape index (κ1) is 10.5. The Balaban J connectivity index is 2.98. The summed E-state index contributed by atoms with van der Waals surface area (Å²) in [5.41, 5.74) is 0.415. The van der Waals surface area contributed by atoms with Crippen molar-refractivity contribution in [1.82, 2.24) is 5.01 Å². The zero-order valence-corrected chi connectivity index (χ0v) is 8.49. The first-order valence-corrected chi connectivity index (χ1v) is 4.19. The molecular formula is C10H13FN2O. The molecular weight excluding hydrogens is 183 g/mol. The lowest BCUT2D eigenvalue weighted by Crippen LogP contribution is -2.03. The fourth-order valence-corrected chi connectivity index (χ4v) is 0.963. The summed E-state index contributed by atoms with van der Waals surface area (Å²) in [6.07, 6.45) is 1.46. The molecule has 1 rings (SSSR count). The van der Waals surface area contributed by atoms with E-state index in [0.29, 0.717) is 5.56 Å². The van der Waals surface area contributed by atoms with Crippen LogP contribution < -0.4 is 4.74 Å². The highest BCUT2D eigenvalue weighted by Gasteiger charge is 2.05. The van der Waals surface area contributed by atoms with Crippen LogP contribution in [0.1, 0.15) is 5.56 Å². The molecule has 0 aliphatic carbocycles. The van der Waals surface area contributed by atoms with E-state index in [1.807, 2.05) is 0 Å². The molecule has 0 atom stereocenters. The van der Waals surface area contributed by atoms with E-state index in [1.165, 1.54) is 13.3 Å². The van der Waals surface area contributed by atoms with Crippen LogP contribution in [0.3, 0.4) is 0 Å². The van der Waals surface area contributed by atoms with Crippen LogP contribution in [0.2, 0.25) is 0 Å². The molecule has 0 aliphatic rings. The largest absolute Gasteiger partial charge is 0.494 e. The van der Waals surface area contributed by atoms with Crippen LogP contribution in [0.25, 0.3) is 0 Å². The normalized spacial score (nSPS) is 10.6. The van der Waals surface area contributed by atoms with Crippen LogP contribution in [0, 0.1) is 5.82 Å². The Hall–Kier alpha value is -1.58. The summed E-state index contributed by atoms with van der Waals surface area (Å²) >= 11 is 0. The summed E-state index contributed by atoms with van der Waals surface area (Å²) in [6, 6.07) is 4.94. The fraction of sp³-hybridized carbons (Fsp3) is 0.300. The number of nitrogens with zero attached hydrogens (tertiary/aromatic N) is 2. The molecule has 0 aromatic heterocycles. The molecule has 1 aromatic rings. The van der Waals surface area contributed by atoms with Crippen molar-refractivity contribution in [2.24, 2.45) is 5.10 Å². The van der Waals surface area contributed by atoms with Gasteiger partial charge in [0.25, 0.3) is 0 Å². The van der Waals surface area contributed by atoms with Crippen molar-refractivity contribution in [3.8, 4) is 5.75 Å². The Morgan fingerprint density at radius 3 is 2.71 bits per heavy atom. The van der Waals surface area contributed by atoms with Crippen LogP contribution in [-0.4, -0.2) is 32.4 Å². The highest BCUT2D eigenvalue weighted by Crippen LogP contribution is 2.18. The summed E-state index contributed by atoms with van der Waals surface area (Å²) in [5, 5.41) is 5.54. The van der Waals surface area contributed by atoms with E-state index in [4.69, 9.17) is 4.74 Å². The summed E-state index contributed by atoms with van der Waals surface area (Å²) in [6.45, 7) is 0. The van der Waals surface area contributed by atoms with Gasteiger partial charge >= 0.3 is 0 Å². The maximum atomic E-state index is 13.5. The molecule has 0 saturated carbocycles. The van der Waals surface area contributed by atoms with Crippen molar-refractivity contribution in [2.75, 3.05) is 21.2 Å². The van der Waals surface area contributed by atoms with Gasteiger partial charge in [0.15, 0.2) is 11.6 Å². The highest BCUT2D eigenvalue weighted by molar-refractivity contribution is 5.80. The van der Waals surface area contributed by atoms with E-state index in [9.17, 15) is 4.39 Å². The molecule has 0 radical (unpaired) electrons. The van der Waals surface area contributed by atoms with Crippen molar-refractivity contribution >= 4 is 6.21 Å². The second-order valence-electron chi connectivity index (χ2n) is 2.96. The fourth-order valence-electron chi connectivity index (χ4n) is 0.963. The van der Waals surface area contributed by atoms with E-state index in [1.54, 1.807) is 37.3 Å². The number of hydrogen-bond donors (Lipinski definition) is 0. The molecule has 1 aromatic carbocycles. The number of halogens is 1. The number of rotatable bonds is 3. The number of methoxy groups -OCH3 is 1. The molecule has 76 valence electrons. The highest BCUT2D eigenvalue weighted by atomic mass is 19.1. The van der Waals surface area contributed by atoms with Gasteiger partial charge in [0.2, 0.25) is 0 Å². The minimum atomic E-state index is -0.388. The second-order valence-corrected chi connectivity index (χ2v) is 2.96. The zero-order valence-electron chi connectivity index (χ0n) is 8.49. The Kier molecular flexibility index (Phi) is 3.45. The molecule has 0 spiro atoms. The quantitative estimate of drug-likeness (QED) is 0.543. The van der Waals surface area contributed by atoms with Crippen LogP contribution in [0.5, 0.6) is 5.75 Å². The molecule has 0 heterocycles. The average molecular weight is 196 g/mol. The number of ether oxygens (including phenoxy) is 1. The Morgan fingerprint density at radius 2 is 2.14 bits per heavy atom. The molecule has 0 saturated heterocycles.